The molecular weight excluding hydrogens is 380 g/mol. The predicted octanol–water partition coefficient (Wildman–Crippen LogP) is 3.11. The normalized spacial score (nSPS) is 10.7. The average Bonchev–Trinajstić information content (AvgIpc) is 3.05. The number of benzene rings is 2. The molecule has 2 aromatic carbocycles. The number of hydrogen-bond acceptors (Lipinski definition) is 7. The van der Waals surface area contributed by atoms with Gasteiger partial charge in [-0.3, -0.25) is 4.79 Å². The van der Waals surface area contributed by atoms with Crippen molar-refractivity contribution in [3.05, 3.63) is 48.0 Å². The molecule has 0 spiro atoms. The standard InChI is InChI=1S/C20H20N2O5S/c1-22-17-9-8-15(25-2)10-16(17)21-20(22)28-12-18(23)13-4-6-14(7-5-13)27-11-19(24)26-3/h4-10H,11-12H2,1-3H3. The summed E-state index contributed by atoms with van der Waals surface area (Å²) in [6.45, 7) is -0.169. The lowest BCUT2D eigenvalue weighted by molar-refractivity contribution is -0.142. The molecule has 146 valence electrons. The van der Waals surface area contributed by atoms with E-state index >= 15 is 0 Å². The molecule has 3 aromatic rings. The highest BCUT2D eigenvalue weighted by atomic mass is 32.2. The summed E-state index contributed by atoms with van der Waals surface area (Å²) >= 11 is 1.38. The number of fused-ring (bicyclic) bond motifs is 1. The van der Waals surface area contributed by atoms with Crippen molar-refractivity contribution in [3.63, 3.8) is 0 Å². The predicted molar refractivity (Wildman–Crippen MR) is 106 cm³/mol. The van der Waals surface area contributed by atoms with E-state index in [0.717, 1.165) is 21.9 Å². The Balaban J connectivity index is 1.63. The summed E-state index contributed by atoms with van der Waals surface area (Å²) in [6, 6.07) is 12.4. The summed E-state index contributed by atoms with van der Waals surface area (Å²) in [7, 11) is 4.83. The van der Waals surface area contributed by atoms with Gasteiger partial charge >= 0.3 is 5.97 Å². The van der Waals surface area contributed by atoms with Crippen molar-refractivity contribution in [2.75, 3.05) is 26.6 Å². The number of thioether (sulfide) groups is 1. The van der Waals surface area contributed by atoms with Crippen molar-refractivity contribution < 1.29 is 23.8 Å². The second-order valence-electron chi connectivity index (χ2n) is 5.91. The van der Waals surface area contributed by atoms with Crippen LogP contribution in [0.1, 0.15) is 10.4 Å². The van der Waals surface area contributed by atoms with E-state index in [2.05, 4.69) is 9.72 Å². The summed E-state index contributed by atoms with van der Waals surface area (Å²) in [4.78, 5) is 28.1. The summed E-state index contributed by atoms with van der Waals surface area (Å²) < 4.78 is 17.0. The Morgan fingerprint density at radius 2 is 1.79 bits per heavy atom. The fourth-order valence-corrected chi connectivity index (χ4v) is 3.45. The molecule has 0 bridgehead atoms. The number of aromatic nitrogens is 2. The topological polar surface area (TPSA) is 79.7 Å². The average molecular weight is 400 g/mol. The molecule has 0 atom stereocenters. The van der Waals surface area contributed by atoms with Crippen molar-refractivity contribution in [3.8, 4) is 11.5 Å². The van der Waals surface area contributed by atoms with Crippen molar-refractivity contribution in [1.29, 1.82) is 0 Å². The van der Waals surface area contributed by atoms with Crippen LogP contribution in [0.3, 0.4) is 0 Å². The lowest BCUT2D eigenvalue weighted by Crippen LogP contribution is -2.12. The first kappa shape index (κ1) is 19.8. The van der Waals surface area contributed by atoms with Crippen molar-refractivity contribution in [1.82, 2.24) is 9.55 Å². The molecule has 0 aliphatic heterocycles. The smallest absolute Gasteiger partial charge is 0.343 e. The second kappa shape index (κ2) is 8.79. The van der Waals surface area contributed by atoms with Crippen LogP contribution in [0.25, 0.3) is 11.0 Å². The molecule has 3 rings (SSSR count). The van der Waals surface area contributed by atoms with Gasteiger partial charge in [0.15, 0.2) is 17.5 Å². The van der Waals surface area contributed by atoms with Gasteiger partial charge < -0.3 is 18.8 Å². The zero-order valence-corrected chi connectivity index (χ0v) is 16.6. The molecular formula is C20H20N2O5S. The molecule has 0 aliphatic carbocycles. The number of ketones is 1. The highest BCUT2D eigenvalue weighted by Crippen LogP contribution is 2.26. The minimum absolute atomic E-state index is 0.0193. The monoisotopic (exact) mass is 400 g/mol. The van der Waals surface area contributed by atoms with Gasteiger partial charge in [0.05, 0.1) is 31.0 Å². The van der Waals surface area contributed by atoms with Crippen LogP contribution in [0, 0.1) is 0 Å². The number of carbonyl (C=O) groups is 2. The number of hydrogen-bond donors (Lipinski definition) is 0. The Kier molecular flexibility index (Phi) is 6.20. The van der Waals surface area contributed by atoms with Crippen LogP contribution in [0.5, 0.6) is 11.5 Å². The van der Waals surface area contributed by atoms with Crippen LogP contribution in [-0.2, 0) is 16.6 Å². The van der Waals surface area contributed by atoms with Crippen LogP contribution < -0.4 is 9.47 Å². The molecule has 0 saturated carbocycles. The number of rotatable bonds is 8. The number of carbonyl (C=O) groups excluding carboxylic acids is 2. The number of aryl methyl sites for hydroxylation is 1. The van der Waals surface area contributed by atoms with Crippen LogP contribution in [0.4, 0.5) is 0 Å². The molecule has 0 fully saturated rings. The van der Waals surface area contributed by atoms with E-state index in [1.807, 2.05) is 29.8 Å². The molecule has 0 aliphatic rings. The van der Waals surface area contributed by atoms with Gasteiger partial charge in [-0.05, 0) is 36.4 Å². The third-order valence-electron chi connectivity index (χ3n) is 4.14. The second-order valence-corrected chi connectivity index (χ2v) is 6.85. The molecule has 0 amide bonds. The number of Topliss-reactive ketones (excluding diaryl/α,β-unsaturated/α-hetero) is 1. The first-order chi connectivity index (χ1) is 13.5. The highest BCUT2D eigenvalue weighted by Gasteiger charge is 2.13. The Hall–Kier alpha value is -3.00. The molecule has 7 nitrogen and oxygen atoms in total. The van der Waals surface area contributed by atoms with Crippen molar-refractivity contribution >= 4 is 34.5 Å². The van der Waals surface area contributed by atoms with Gasteiger partial charge in [-0.1, -0.05) is 11.8 Å². The number of imidazole rings is 1. The summed E-state index contributed by atoms with van der Waals surface area (Å²) in [5.41, 5.74) is 2.37. The van der Waals surface area contributed by atoms with Gasteiger partial charge in [0.1, 0.15) is 11.5 Å². The number of esters is 1. The largest absolute Gasteiger partial charge is 0.497 e. The van der Waals surface area contributed by atoms with Crippen molar-refractivity contribution in [2.45, 2.75) is 5.16 Å². The van der Waals surface area contributed by atoms with E-state index in [-0.39, 0.29) is 18.1 Å². The van der Waals surface area contributed by atoms with Gasteiger partial charge in [0.25, 0.3) is 0 Å². The van der Waals surface area contributed by atoms with Crippen LogP contribution in [0.2, 0.25) is 0 Å². The minimum atomic E-state index is -0.461. The first-order valence-corrected chi connectivity index (χ1v) is 9.46. The zero-order valence-electron chi connectivity index (χ0n) is 15.8. The third-order valence-corrected chi connectivity index (χ3v) is 5.17. The SMILES string of the molecule is COC(=O)COc1ccc(C(=O)CSc2nc3cc(OC)ccc3n2C)cc1. The fourth-order valence-electron chi connectivity index (χ4n) is 2.57. The summed E-state index contributed by atoms with van der Waals surface area (Å²) in [5, 5.41) is 0.759. The quantitative estimate of drug-likeness (QED) is 0.326. The maximum absolute atomic E-state index is 12.5. The molecule has 0 saturated heterocycles. The van der Waals surface area contributed by atoms with Gasteiger partial charge in [0.2, 0.25) is 0 Å². The maximum Gasteiger partial charge on any atom is 0.343 e. The molecule has 0 radical (unpaired) electrons. The molecule has 8 heteroatoms. The van der Waals surface area contributed by atoms with Crippen LogP contribution in [0.15, 0.2) is 47.6 Å². The molecule has 1 aromatic heterocycles. The molecule has 0 unspecified atom stereocenters. The van der Waals surface area contributed by atoms with Crippen LogP contribution in [-0.4, -0.2) is 47.9 Å². The number of ether oxygens (including phenoxy) is 3. The Bertz CT molecular complexity index is 998. The molecule has 1 heterocycles. The van der Waals surface area contributed by atoms with Gasteiger partial charge in [-0.2, -0.15) is 0 Å². The van der Waals surface area contributed by atoms with E-state index in [1.54, 1.807) is 31.4 Å². The highest BCUT2D eigenvalue weighted by molar-refractivity contribution is 7.99. The van der Waals surface area contributed by atoms with E-state index in [9.17, 15) is 9.59 Å². The third kappa shape index (κ3) is 4.45. The minimum Gasteiger partial charge on any atom is -0.497 e. The van der Waals surface area contributed by atoms with E-state index in [4.69, 9.17) is 9.47 Å². The Morgan fingerprint density at radius 1 is 1.07 bits per heavy atom. The summed E-state index contributed by atoms with van der Waals surface area (Å²) in [5.74, 6) is 1.02. The Labute approximate surface area is 166 Å². The number of nitrogens with zero attached hydrogens (tertiary/aromatic N) is 2. The number of methoxy groups -OCH3 is 2. The van der Waals surface area contributed by atoms with E-state index < -0.39 is 5.97 Å². The van der Waals surface area contributed by atoms with Gasteiger partial charge in [-0.25, -0.2) is 9.78 Å². The molecule has 0 N–H and O–H groups in total. The first-order valence-electron chi connectivity index (χ1n) is 8.48. The lowest BCUT2D eigenvalue weighted by Gasteiger charge is -2.06. The maximum atomic E-state index is 12.5. The van der Waals surface area contributed by atoms with Crippen LogP contribution >= 0.6 is 11.8 Å². The van der Waals surface area contributed by atoms with E-state index in [1.165, 1.54) is 18.9 Å². The van der Waals surface area contributed by atoms with Gasteiger partial charge in [-0.15, -0.1) is 0 Å². The fraction of sp³-hybridized carbons (Fsp3) is 0.250. The van der Waals surface area contributed by atoms with E-state index in [0.29, 0.717) is 11.3 Å². The molecule has 28 heavy (non-hydrogen) atoms. The Morgan fingerprint density at radius 3 is 2.46 bits per heavy atom. The van der Waals surface area contributed by atoms with Crippen molar-refractivity contribution in [2.24, 2.45) is 7.05 Å². The summed E-state index contributed by atoms with van der Waals surface area (Å²) in [6.07, 6.45) is 0. The zero-order chi connectivity index (χ0) is 20.1. The van der Waals surface area contributed by atoms with Gasteiger partial charge in [0, 0.05) is 18.7 Å². The lowest BCUT2D eigenvalue weighted by atomic mass is 10.1.